The van der Waals surface area contributed by atoms with E-state index in [9.17, 15) is 23.3 Å². The summed E-state index contributed by atoms with van der Waals surface area (Å²) in [7, 11) is -3.63. The van der Waals surface area contributed by atoms with Gasteiger partial charge in [-0.25, -0.2) is 8.42 Å². The second-order valence-corrected chi connectivity index (χ2v) is 9.71. The van der Waals surface area contributed by atoms with E-state index in [2.05, 4.69) is 17.6 Å². The lowest BCUT2D eigenvalue weighted by Crippen LogP contribution is -2.28. The number of benzene rings is 2. The number of carbonyl (C=O) groups excluding carboxylic acids is 1. The molecule has 10 heteroatoms. The third-order valence-corrected chi connectivity index (χ3v) is 7.20. The van der Waals surface area contributed by atoms with Crippen molar-refractivity contribution < 1.29 is 18.1 Å². The predicted molar refractivity (Wildman–Crippen MR) is 129 cm³/mol. The number of amides is 1. The number of hydrogen-bond acceptors (Lipinski definition) is 6. The molecule has 3 rings (SSSR count). The summed E-state index contributed by atoms with van der Waals surface area (Å²) in [6.07, 6.45) is 6.31. The van der Waals surface area contributed by atoms with Crippen molar-refractivity contribution in [2.24, 2.45) is 0 Å². The molecule has 2 aromatic carbocycles. The minimum absolute atomic E-state index is 0.0696. The van der Waals surface area contributed by atoms with Gasteiger partial charge in [-0.15, -0.1) is 0 Å². The Kier molecular flexibility index (Phi) is 8.18. The maximum Gasteiger partial charge on any atom is 0.270 e. The van der Waals surface area contributed by atoms with Crippen LogP contribution in [0.4, 0.5) is 17.1 Å². The molecule has 2 aromatic rings. The number of nitrogens with one attached hydrogen (secondary N) is 2. The number of rotatable bonds is 10. The van der Waals surface area contributed by atoms with Crippen LogP contribution in [0.1, 0.15) is 38.2 Å². The van der Waals surface area contributed by atoms with Gasteiger partial charge in [-0.3, -0.25) is 14.9 Å². The van der Waals surface area contributed by atoms with E-state index in [4.69, 9.17) is 0 Å². The summed E-state index contributed by atoms with van der Waals surface area (Å²) in [5, 5.41) is 16.9. The van der Waals surface area contributed by atoms with E-state index < -0.39 is 20.9 Å². The quantitative estimate of drug-likeness (QED) is 0.231. The number of nitro benzene ring substituents is 1. The Bertz CT molecular complexity index is 1140. The van der Waals surface area contributed by atoms with Crippen LogP contribution in [0.5, 0.6) is 0 Å². The SMILES string of the molecule is CCCCNc1ccc(S(=O)(=O)N2CCCC2)cc1NC(=O)C=Cc1cccc([N+](=O)[O-])c1. The third-order valence-electron chi connectivity index (χ3n) is 5.31. The van der Waals surface area contributed by atoms with E-state index in [1.165, 1.54) is 40.7 Å². The number of sulfonamides is 1. The predicted octanol–water partition coefficient (Wildman–Crippen LogP) is 4.24. The number of anilines is 2. The van der Waals surface area contributed by atoms with Gasteiger partial charge >= 0.3 is 0 Å². The lowest BCUT2D eigenvalue weighted by Gasteiger charge is -2.18. The molecule has 0 spiro atoms. The molecule has 0 unspecified atom stereocenters. The molecule has 9 nitrogen and oxygen atoms in total. The Hall–Kier alpha value is -3.24. The zero-order chi connectivity index (χ0) is 23.8. The van der Waals surface area contributed by atoms with E-state index in [0.717, 1.165) is 25.7 Å². The van der Waals surface area contributed by atoms with Crippen LogP contribution in [0.2, 0.25) is 0 Å². The van der Waals surface area contributed by atoms with Crippen molar-refractivity contribution in [1.82, 2.24) is 4.31 Å². The molecular weight excluding hydrogens is 444 g/mol. The fraction of sp³-hybridized carbons (Fsp3) is 0.348. The van der Waals surface area contributed by atoms with Crippen molar-refractivity contribution >= 4 is 39.1 Å². The zero-order valence-electron chi connectivity index (χ0n) is 18.5. The smallest absolute Gasteiger partial charge is 0.270 e. The van der Waals surface area contributed by atoms with E-state index in [1.807, 2.05) is 0 Å². The molecule has 0 bridgehead atoms. The highest BCUT2D eigenvalue weighted by Crippen LogP contribution is 2.29. The van der Waals surface area contributed by atoms with Crippen LogP contribution in [0.15, 0.2) is 53.4 Å². The van der Waals surface area contributed by atoms with Crippen LogP contribution in [0, 0.1) is 10.1 Å². The number of unbranched alkanes of at least 4 members (excludes halogenated alkanes) is 1. The normalized spacial score (nSPS) is 14.5. The van der Waals surface area contributed by atoms with Gasteiger partial charge < -0.3 is 10.6 Å². The Balaban J connectivity index is 1.83. The van der Waals surface area contributed by atoms with Gasteiger partial charge in [-0.05, 0) is 49.1 Å². The standard InChI is InChI=1S/C23H28N4O5S/c1-2-3-13-24-21-11-10-20(33(31,32)26-14-4-5-15-26)17-22(21)25-23(28)12-9-18-7-6-8-19(16-18)27(29)30/h6-12,16-17,24H,2-5,13-15H2,1H3,(H,25,28). The summed E-state index contributed by atoms with van der Waals surface area (Å²) >= 11 is 0. The zero-order valence-corrected chi connectivity index (χ0v) is 19.3. The summed E-state index contributed by atoms with van der Waals surface area (Å²) in [6.45, 7) is 3.73. The minimum atomic E-state index is -3.63. The summed E-state index contributed by atoms with van der Waals surface area (Å²) in [5.74, 6) is -0.476. The van der Waals surface area contributed by atoms with Gasteiger partial charge in [0.15, 0.2) is 0 Å². The van der Waals surface area contributed by atoms with Gasteiger partial charge in [-0.2, -0.15) is 4.31 Å². The van der Waals surface area contributed by atoms with E-state index in [0.29, 0.717) is 36.6 Å². The summed E-state index contributed by atoms with van der Waals surface area (Å²) in [5.41, 5.74) is 1.42. The Labute approximate surface area is 193 Å². The molecule has 0 saturated carbocycles. The number of nitrogens with zero attached hydrogens (tertiary/aromatic N) is 2. The average molecular weight is 473 g/mol. The molecule has 1 saturated heterocycles. The average Bonchev–Trinajstić information content (AvgIpc) is 3.35. The summed E-state index contributed by atoms with van der Waals surface area (Å²) < 4.78 is 27.4. The van der Waals surface area contributed by atoms with E-state index in [-0.39, 0.29) is 10.6 Å². The second kappa shape index (κ2) is 11.1. The van der Waals surface area contributed by atoms with Crippen LogP contribution in [0.3, 0.4) is 0 Å². The highest BCUT2D eigenvalue weighted by Gasteiger charge is 2.27. The molecule has 0 atom stereocenters. The number of carbonyl (C=O) groups is 1. The lowest BCUT2D eigenvalue weighted by atomic mass is 10.2. The minimum Gasteiger partial charge on any atom is -0.383 e. The Morgan fingerprint density at radius 1 is 1.15 bits per heavy atom. The Morgan fingerprint density at radius 3 is 2.61 bits per heavy atom. The first-order valence-electron chi connectivity index (χ1n) is 10.9. The van der Waals surface area contributed by atoms with Gasteiger partial charge in [0.1, 0.15) is 0 Å². The first kappa shape index (κ1) is 24.4. The van der Waals surface area contributed by atoms with Crippen LogP contribution in [0.25, 0.3) is 6.08 Å². The third kappa shape index (κ3) is 6.39. The molecule has 1 amide bonds. The van der Waals surface area contributed by atoms with Crippen LogP contribution in [-0.4, -0.2) is 43.2 Å². The van der Waals surface area contributed by atoms with E-state index >= 15 is 0 Å². The molecule has 0 aromatic heterocycles. The van der Waals surface area contributed by atoms with Crippen molar-refractivity contribution in [3.05, 3.63) is 64.2 Å². The molecule has 176 valence electrons. The van der Waals surface area contributed by atoms with Gasteiger partial charge in [0.05, 0.1) is 21.2 Å². The maximum absolute atomic E-state index is 13.0. The first-order chi connectivity index (χ1) is 15.8. The van der Waals surface area contributed by atoms with Gasteiger partial charge in [0.25, 0.3) is 5.69 Å². The fourth-order valence-electron chi connectivity index (χ4n) is 3.51. The second-order valence-electron chi connectivity index (χ2n) is 7.77. The van der Waals surface area contributed by atoms with Crippen LogP contribution >= 0.6 is 0 Å². The number of non-ortho nitro benzene ring substituents is 1. The van der Waals surface area contributed by atoms with Crippen molar-refractivity contribution in [2.45, 2.75) is 37.5 Å². The molecule has 1 aliphatic heterocycles. The van der Waals surface area contributed by atoms with Gasteiger partial charge in [0.2, 0.25) is 15.9 Å². The highest BCUT2D eigenvalue weighted by molar-refractivity contribution is 7.89. The molecule has 1 fully saturated rings. The molecule has 1 heterocycles. The van der Waals surface area contributed by atoms with Gasteiger partial charge in [-0.1, -0.05) is 25.5 Å². The molecule has 2 N–H and O–H groups in total. The molecule has 1 aliphatic rings. The van der Waals surface area contributed by atoms with Crippen LogP contribution in [-0.2, 0) is 14.8 Å². The van der Waals surface area contributed by atoms with Crippen molar-refractivity contribution in [3.8, 4) is 0 Å². The van der Waals surface area contributed by atoms with Crippen molar-refractivity contribution in [2.75, 3.05) is 30.3 Å². The van der Waals surface area contributed by atoms with Crippen molar-refractivity contribution in [1.29, 1.82) is 0 Å². The fourth-order valence-corrected chi connectivity index (χ4v) is 5.05. The molecule has 33 heavy (non-hydrogen) atoms. The number of nitro groups is 1. The highest BCUT2D eigenvalue weighted by atomic mass is 32.2. The molecular formula is C23H28N4O5S. The summed E-state index contributed by atoms with van der Waals surface area (Å²) in [6, 6.07) is 10.6. The molecule has 0 aliphatic carbocycles. The Morgan fingerprint density at radius 2 is 1.91 bits per heavy atom. The van der Waals surface area contributed by atoms with E-state index in [1.54, 1.807) is 18.2 Å². The number of hydrogen-bond donors (Lipinski definition) is 2. The largest absolute Gasteiger partial charge is 0.383 e. The lowest BCUT2D eigenvalue weighted by molar-refractivity contribution is -0.384. The maximum atomic E-state index is 13.0. The first-order valence-corrected chi connectivity index (χ1v) is 12.4. The topological polar surface area (TPSA) is 122 Å². The van der Waals surface area contributed by atoms with Crippen molar-refractivity contribution in [3.63, 3.8) is 0 Å². The summed E-state index contributed by atoms with van der Waals surface area (Å²) in [4.78, 5) is 23.1. The van der Waals surface area contributed by atoms with Gasteiger partial charge in [0, 0.05) is 37.8 Å². The van der Waals surface area contributed by atoms with Crippen LogP contribution < -0.4 is 10.6 Å². The monoisotopic (exact) mass is 472 g/mol. The molecule has 0 radical (unpaired) electrons.